The Morgan fingerprint density at radius 1 is 1.26 bits per heavy atom. The van der Waals surface area contributed by atoms with Crippen LogP contribution in [0.15, 0.2) is 53.8 Å². The Hall–Kier alpha value is -3.15. The predicted molar refractivity (Wildman–Crippen MR) is 86.4 cm³/mol. The minimum absolute atomic E-state index is 0.253. The normalized spacial score (nSPS) is 13.3. The van der Waals surface area contributed by atoms with Gasteiger partial charge in [0, 0.05) is 6.20 Å². The SMILES string of the molecule is CC(/C=C/c1ccc2c(c1)OCO2)=N/NC(=O)c1ccccn1. The van der Waals surface area contributed by atoms with Crippen molar-refractivity contribution >= 4 is 17.7 Å². The molecule has 0 saturated carbocycles. The van der Waals surface area contributed by atoms with E-state index >= 15 is 0 Å². The summed E-state index contributed by atoms with van der Waals surface area (Å²) in [4.78, 5) is 15.8. The summed E-state index contributed by atoms with van der Waals surface area (Å²) in [6, 6.07) is 10.8. The number of carbonyl (C=O) groups excluding carboxylic acids is 1. The summed E-state index contributed by atoms with van der Waals surface area (Å²) in [5.74, 6) is 1.13. The third kappa shape index (κ3) is 3.74. The zero-order valence-corrected chi connectivity index (χ0v) is 12.5. The molecule has 0 atom stereocenters. The van der Waals surface area contributed by atoms with Crippen LogP contribution < -0.4 is 14.9 Å². The van der Waals surface area contributed by atoms with Gasteiger partial charge < -0.3 is 9.47 Å². The van der Waals surface area contributed by atoms with Crippen LogP contribution in [-0.4, -0.2) is 23.4 Å². The minimum atomic E-state index is -0.346. The molecule has 2 heterocycles. The highest BCUT2D eigenvalue weighted by atomic mass is 16.7. The van der Waals surface area contributed by atoms with E-state index in [-0.39, 0.29) is 12.7 Å². The average molecular weight is 309 g/mol. The van der Waals surface area contributed by atoms with Gasteiger partial charge in [-0.05, 0) is 42.8 Å². The number of aromatic nitrogens is 1. The lowest BCUT2D eigenvalue weighted by Gasteiger charge is -2.00. The fraction of sp³-hybridized carbons (Fsp3) is 0.118. The molecule has 0 radical (unpaired) electrons. The van der Waals surface area contributed by atoms with Gasteiger partial charge in [-0.1, -0.05) is 18.2 Å². The average Bonchev–Trinajstić information content (AvgIpc) is 3.06. The van der Waals surface area contributed by atoms with Crippen LogP contribution in [0.25, 0.3) is 6.08 Å². The molecular formula is C17H15N3O3. The number of hydrogen-bond acceptors (Lipinski definition) is 5. The Morgan fingerprint density at radius 2 is 2.13 bits per heavy atom. The Morgan fingerprint density at radius 3 is 2.96 bits per heavy atom. The van der Waals surface area contributed by atoms with E-state index in [1.807, 2.05) is 24.3 Å². The molecule has 3 rings (SSSR count). The first-order valence-corrected chi connectivity index (χ1v) is 7.06. The predicted octanol–water partition coefficient (Wildman–Crippen LogP) is 2.63. The van der Waals surface area contributed by atoms with Crippen LogP contribution in [0.2, 0.25) is 0 Å². The first-order chi connectivity index (χ1) is 11.2. The van der Waals surface area contributed by atoms with Crippen molar-refractivity contribution in [2.45, 2.75) is 6.92 Å². The van der Waals surface area contributed by atoms with Crippen LogP contribution in [0.5, 0.6) is 11.5 Å². The van der Waals surface area contributed by atoms with Crippen LogP contribution in [0, 0.1) is 0 Å². The van der Waals surface area contributed by atoms with Crippen molar-refractivity contribution < 1.29 is 14.3 Å². The number of hydrazone groups is 1. The zero-order valence-electron chi connectivity index (χ0n) is 12.5. The van der Waals surface area contributed by atoms with Crippen LogP contribution in [-0.2, 0) is 0 Å². The molecule has 1 aliphatic heterocycles. The first kappa shape index (κ1) is 14.8. The fourth-order valence-electron chi connectivity index (χ4n) is 1.96. The fourth-order valence-corrected chi connectivity index (χ4v) is 1.96. The minimum Gasteiger partial charge on any atom is -0.454 e. The van der Waals surface area contributed by atoms with Gasteiger partial charge in [0.2, 0.25) is 6.79 Å². The molecule has 23 heavy (non-hydrogen) atoms. The highest BCUT2D eigenvalue weighted by Gasteiger charge is 2.12. The van der Waals surface area contributed by atoms with E-state index in [0.717, 1.165) is 17.1 Å². The maximum absolute atomic E-state index is 11.8. The molecule has 0 unspecified atom stereocenters. The Balaban J connectivity index is 1.62. The van der Waals surface area contributed by atoms with E-state index in [1.165, 1.54) is 0 Å². The van der Waals surface area contributed by atoms with Gasteiger partial charge in [-0.2, -0.15) is 5.10 Å². The van der Waals surface area contributed by atoms with Crippen LogP contribution >= 0.6 is 0 Å². The standard InChI is InChI=1S/C17H15N3O3/c1-12(19-20-17(21)14-4-2-3-9-18-14)5-6-13-7-8-15-16(10-13)23-11-22-15/h2-10H,11H2,1H3,(H,20,21)/b6-5+,19-12-. The number of nitrogens with one attached hydrogen (secondary N) is 1. The van der Waals surface area contributed by atoms with Crippen molar-refractivity contribution in [2.24, 2.45) is 5.10 Å². The maximum Gasteiger partial charge on any atom is 0.289 e. The smallest absolute Gasteiger partial charge is 0.289 e. The van der Waals surface area contributed by atoms with Gasteiger partial charge in [0.05, 0.1) is 5.71 Å². The number of fused-ring (bicyclic) bond motifs is 1. The zero-order chi connectivity index (χ0) is 16.1. The number of amides is 1. The Labute approximate surface area is 133 Å². The topological polar surface area (TPSA) is 72.8 Å². The van der Waals surface area contributed by atoms with E-state index in [9.17, 15) is 4.79 Å². The second kappa shape index (κ2) is 6.74. The lowest BCUT2D eigenvalue weighted by atomic mass is 10.2. The molecule has 1 aromatic carbocycles. The second-order valence-corrected chi connectivity index (χ2v) is 4.86. The van der Waals surface area contributed by atoms with E-state index in [4.69, 9.17) is 9.47 Å². The highest BCUT2D eigenvalue weighted by Crippen LogP contribution is 2.32. The number of benzene rings is 1. The monoisotopic (exact) mass is 309 g/mol. The number of rotatable bonds is 4. The number of hydrogen-bond donors (Lipinski definition) is 1. The van der Waals surface area contributed by atoms with E-state index in [1.54, 1.807) is 37.4 Å². The number of pyridine rings is 1. The molecule has 1 aromatic heterocycles. The molecule has 6 nitrogen and oxygen atoms in total. The lowest BCUT2D eigenvalue weighted by molar-refractivity contribution is 0.0950. The molecular weight excluding hydrogens is 294 g/mol. The number of ether oxygens (including phenoxy) is 2. The molecule has 0 fully saturated rings. The van der Waals surface area contributed by atoms with Crippen molar-refractivity contribution in [1.82, 2.24) is 10.4 Å². The molecule has 0 bridgehead atoms. The van der Waals surface area contributed by atoms with Crippen molar-refractivity contribution in [3.8, 4) is 11.5 Å². The summed E-state index contributed by atoms with van der Waals surface area (Å²) in [6.45, 7) is 2.05. The maximum atomic E-state index is 11.8. The number of nitrogens with zero attached hydrogens (tertiary/aromatic N) is 2. The van der Waals surface area contributed by atoms with Crippen molar-refractivity contribution in [3.63, 3.8) is 0 Å². The molecule has 1 amide bonds. The molecule has 1 aliphatic rings. The largest absolute Gasteiger partial charge is 0.454 e. The van der Waals surface area contributed by atoms with Gasteiger partial charge in [0.25, 0.3) is 5.91 Å². The van der Waals surface area contributed by atoms with Crippen molar-refractivity contribution in [3.05, 3.63) is 59.9 Å². The van der Waals surface area contributed by atoms with Crippen LogP contribution in [0.1, 0.15) is 23.0 Å². The Kier molecular flexibility index (Phi) is 4.33. The third-order valence-corrected chi connectivity index (χ3v) is 3.14. The van der Waals surface area contributed by atoms with Gasteiger partial charge in [-0.15, -0.1) is 0 Å². The first-order valence-electron chi connectivity index (χ1n) is 7.06. The van der Waals surface area contributed by atoms with E-state index in [2.05, 4.69) is 15.5 Å². The van der Waals surface area contributed by atoms with Gasteiger partial charge in [-0.25, -0.2) is 5.43 Å². The van der Waals surface area contributed by atoms with Crippen molar-refractivity contribution in [1.29, 1.82) is 0 Å². The lowest BCUT2D eigenvalue weighted by Crippen LogP contribution is -2.19. The van der Waals surface area contributed by atoms with Gasteiger partial charge in [-0.3, -0.25) is 9.78 Å². The van der Waals surface area contributed by atoms with Crippen molar-refractivity contribution in [2.75, 3.05) is 6.79 Å². The molecule has 116 valence electrons. The van der Waals surface area contributed by atoms with Gasteiger partial charge in [0.1, 0.15) is 5.69 Å². The third-order valence-electron chi connectivity index (χ3n) is 3.14. The summed E-state index contributed by atoms with van der Waals surface area (Å²) in [5, 5.41) is 4.02. The van der Waals surface area contributed by atoms with Crippen LogP contribution in [0.4, 0.5) is 0 Å². The quantitative estimate of drug-likeness (QED) is 0.696. The van der Waals surface area contributed by atoms with Gasteiger partial charge >= 0.3 is 0 Å². The summed E-state index contributed by atoms with van der Waals surface area (Å²) < 4.78 is 10.6. The van der Waals surface area contributed by atoms with E-state index < -0.39 is 0 Å². The molecule has 0 spiro atoms. The molecule has 2 aromatic rings. The molecule has 6 heteroatoms. The second-order valence-electron chi connectivity index (χ2n) is 4.86. The number of allylic oxidation sites excluding steroid dienone is 1. The Bertz CT molecular complexity index is 770. The molecule has 1 N–H and O–H groups in total. The summed E-state index contributed by atoms with van der Waals surface area (Å²) in [6.07, 6.45) is 5.25. The summed E-state index contributed by atoms with van der Waals surface area (Å²) in [5.41, 5.74) is 4.41. The van der Waals surface area contributed by atoms with E-state index in [0.29, 0.717) is 11.4 Å². The highest BCUT2D eigenvalue weighted by molar-refractivity contribution is 5.98. The summed E-state index contributed by atoms with van der Waals surface area (Å²) >= 11 is 0. The van der Waals surface area contributed by atoms with Gasteiger partial charge in [0.15, 0.2) is 11.5 Å². The number of carbonyl (C=O) groups is 1. The molecule has 0 saturated heterocycles. The molecule has 0 aliphatic carbocycles. The van der Waals surface area contributed by atoms with Crippen LogP contribution in [0.3, 0.4) is 0 Å². The summed E-state index contributed by atoms with van der Waals surface area (Å²) in [7, 11) is 0.